The topological polar surface area (TPSA) is 47.3 Å². The Hall–Kier alpha value is -0.650. The summed E-state index contributed by atoms with van der Waals surface area (Å²) in [5, 5.41) is 3.45. The Morgan fingerprint density at radius 3 is 3.00 bits per heavy atom. The van der Waals surface area contributed by atoms with Crippen LogP contribution >= 0.6 is 28.1 Å². The molecule has 1 aromatic carbocycles. The van der Waals surface area contributed by atoms with E-state index in [2.05, 4.69) is 21.2 Å². The summed E-state index contributed by atoms with van der Waals surface area (Å²) in [5.74, 6) is 0. The second kappa shape index (κ2) is 5.80. The van der Waals surface area contributed by atoms with Gasteiger partial charge >= 0.3 is 0 Å². The predicted octanol–water partition coefficient (Wildman–Crippen LogP) is 2.67. The third-order valence-corrected chi connectivity index (χ3v) is 3.64. The van der Waals surface area contributed by atoms with Gasteiger partial charge in [0, 0.05) is 28.4 Å². The van der Waals surface area contributed by atoms with Gasteiger partial charge in [0.1, 0.15) is 4.99 Å². The summed E-state index contributed by atoms with van der Waals surface area (Å²) in [4.78, 5) is 0.400. The monoisotopic (exact) mass is 314 g/mol. The average Bonchev–Trinajstić information content (AvgIpc) is 2.30. The summed E-state index contributed by atoms with van der Waals surface area (Å²) in [5.41, 5.74) is 7.59. The van der Waals surface area contributed by atoms with Crippen LogP contribution in [0.15, 0.2) is 22.7 Å². The lowest BCUT2D eigenvalue weighted by Crippen LogP contribution is -2.31. The molecule has 0 aliphatic carbocycles. The molecule has 0 aromatic heterocycles. The highest BCUT2D eigenvalue weighted by Crippen LogP contribution is 2.26. The Morgan fingerprint density at radius 1 is 1.53 bits per heavy atom. The molecule has 0 saturated carbocycles. The molecule has 1 atom stereocenters. The van der Waals surface area contributed by atoms with Gasteiger partial charge in [-0.1, -0.05) is 18.3 Å². The Bertz CT molecular complexity index is 419. The third-order valence-electron chi connectivity index (χ3n) is 2.78. The fraction of sp³-hybridized carbons (Fsp3) is 0.417. The summed E-state index contributed by atoms with van der Waals surface area (Å²) >= 11 is 8.56. The molecule has 0 radical (unpaired) electrons. The van der Waals surface area contributed by atoms with Crippen molar-refractivity contribution in [3.8, 4) is 0 Å². The van der Waals surface area contributed by atoms with Gasteiger partial charge in [0.05, 0.1) is 6.61 Å². The number of thiocarbonyl (C=S) groups is 1. The maximum atomic E-state index is 5.75. The quantitative estimate of drug-likeness (QED) is 0.842. The molecule has 3 N–H and O–H groups in total. The minimum Gasteiger partial charge on any atom is -0.389 e. The number of hydrogen-bond acceptors (Lipinski definition) is 3. The Morgan fingerprint density at radius 2 is 2.35 bits per heavy atom. The van der Waals surface area contributed by atoms with Gasteiger partial charge < -0.3 is 15.8 Å². The first-order valence-corrected chi connectivity index (χ1v) is 6.81. The number of halogens is 1. The normalized spacial score (nSPS) is 19.9. The van der Waals surface area contributed by atoms with E-state index in [1.165, 1.54) is 0 Å². The van der Waals surface area contributed by atoms with Crippen LogP contribution in [0.25, 0.3) is 0 Å². The van der Waals surface area contributed by atoms with Crippen LogP contribution in [0.3, 0.4) is 0 Å². The van der Waals surface area contributed by atoms with E-state index in [1.807, 2.05) is 18.2 Å². The molecule has 0 bridgehead atoms. The van der Waals surface area contributed by atoms with Crippen molar-refractivity contribution >= 4 is 38.8 Å². The summed E-state index contributed by atoms with van der Waals surface area (Å²) in [6, 6.07) is 6.24. The van der Waals surface area contributed by atoms with E-state index in [0.717, 1.165) is 41.8 Å². The minimum absolute atomic E-state index is 0.339. The van der Waals surface area contributed by atoms with E-state index in [1.54, 1.807) is 0 Å². The molecule has 2 rings (SSSR count). The van der Waals surface area contributed by atoms with Gasteiger partial charge in [0.25, 0.3) is 0 Å². The lowest BCUT2D eigenvalue weighted by Gasteiger charge is -2.25. The van der Waals surface area contributed by atoms with Crippen LogP contribution in [0.5, 0.6) is 0 Å². The van der Waals surface area contributed by atoms with Gasteiger partial charge in [-0.25, -0.2) is 0 Å². The molecule has 1 saturated heterocycles. The summed E-state index contributed by atoms with van der Waals surface area (Å²) in [6.45, 7) is 1.60. The highest BCUT2D eigenvalue weighted by Gasteiger charge is 2.16. The van der Waals surface area contributed by atoms with Crippen LogP contribution < -0.4 is 11.1 Å². The molecule has 0 amide bonds. The van der Waals surface area contributed by atoms with Crippen LogP contribution in [0, 0.1) is 0 Å². The average molecular weight is 315 g/mol. The lowest BCUT2D eigenvalue weighted by molar-refractivity contribution is 0.0876. The van der Waals surface area contributed by atoms with Crippen molar-refractivity contribution in [1.29, 1.82) is 0 Å². The van der Waals surface area contributed by atoms with Crippen LogP contribution in [-0.4, -0.2) is 24.2 Å². The molecular weight excluding hydrogens is 300 g/mol. The van der Waals surface area contributed by atoms with E-state index in [0.29, 0.717) is 11.0 Å². The smallest absolute Gasteiger partial charge is 0.107 e. The van der Waals surface area contributed by atoms with Gasteiger partial charge in [0.15, 0.2) is 0 Å². The Labute approximate surface area is 115 Å². The number of nitrogens with one attached hydrogen (secondary N) is 1. The zero-order valence-corrected chi connectivity index (χ0v) is 11.8. The van der Waals surface area contributed by atoms with E-state index in [4.69, 9.17) is 22.7 Å². The number of anilines is 1. The van der Waals surface area contributed by atoms with Crippen molar-refractivity contribution in [2.24, 2.45) is 5.73 Å². The molecule has 0 spiro atoms. The van der Waals surface area contributed by atoms with Gasteiger partial charge in [-0.15, -0.1) is 0 Å². The molecule has 1 aliphatic heterocycles. The third kappa shape index (κ3) is 3.18. The Kier molecular flexibility index (Phi) is 4.36. The van der Waals surface area contributed by atoms with E-state index >= 15 is 0 Å². The first kappa shape index (κ1) is 12.8. The number of benzene rings is 1. The molecule has 1 fully saturated rings. The second-order valence-electron chi connectivity index (χ2n) is 4.09. The summed E-state index contributed by atoms with van der Waals surface area (Å²) in [7, 11) is 0. The van der Waals surface area contributed by atoms with Crippen LogP contribution in [0.2, 0.25) is 0 Å². The van der Waals surface area contributed by atoms with Crippen molar-refractivity contribution in [3.05, 3.63) is 28.2 Å². The fourth-order valence-corrected chi connectivity index (χ4v) is 2.90. The van der Waals surface area contributed by atoms with Crippen LogP contribution in [-0.2, 0) is 4.74 Å². The van der Waals surface area contributed by atoms with E-state index < -0.39 is 0 Å². The summed E-state index contributed by atoms with van der Waals surface area (Å²) in [6.07, 6.45) is 2.21. The van der Waals surface area contributed by atoms with Gasteiger partial charge in [0.2, 0.25) is 0 Å². The van der Waals surface area contributed by atoms with E-state index in [-0.39, 0.29) is 0 Å². The maximum absolute atomic E-state index is 5.75. The standard InChI is InChI=1S/C12H15BrN2OS/c13-9-4-1-5-10(11(9)12(14)17)15-8-3-2-6-16-7-8/h1,4-5,8,15H,2-3,6-7H2,(H2,14,17). The molecule has 3 nitrogen and oxygen atoms in total. The number of hydrogen-bond donors (Lipinski definition) is 2. The number of rotatable bonds is 3. The number of nitrogens with two attached hydrogens (primary N) is 1. The van der Waals surface area contributed by atoms with Crippen LogP contribution in [0.1, 0.15) is 18.4 Å². The van der Waals surface area contributed by atoms with Gasteiger partial charge in [-0.3, -0.25) is 0 Å². The zero-order valence-electron chi connectivity index (χ0n) is 9.41. The lowest BCUT2D eigenvalue weighted by atomic mass is 10.1. The highest BCUT2D eigenvalue weighted by atomic mass is 79.9. The first-order chi connectivity index (χ1) is 8.18. The molecule has 17 heavy (non-hydrogen) atoms. The SMILES string of the molecule is NC(=S)c1c(Br)cccc1NC1CCCOC1. The molecule has 92 valence electrons. The first-order valence-electron chi connectivity index (χ1n) is 5.61. The molecule has 5 heteroatoms. The van der Waals surface area contributed by atoms with Crippen molar-refractivity contribution in [2.75, 3.05) is 18.5 Å². The zero-order chi connectivity index (χ0) is 12.3. The highest BCUT2D eigenvalue weighted by molar-refractivity contribution is 9.10. The van der Waals surface area contributed by atoms with E-state index in [9.17, 15) is 0 Å². The molecule has 1 heterocycles. The molecule has 1 unspecified atom stereocenters. The van der Waals surface area contributed by atoms with Gasteiger partial charge in [-0.2, -0.15) is 0 Å². The molecule has 1 aromatic rings. The molecule has 1 aliphatic rings. The Balaban J connectivity index is 2.19. The summed E-state index contributed by atoms with van der Waals surface area (Å²) < 4.78 is 6.37. The predicted molar refractivity (Wildman–Crippen MR) is 77.5 cm³/mol. The number of ether oxygens (including phenoxy) is 1. The van der Waals surface area contributed by atoms with Crippen molar-refractivity contribution < 1.29 is 4.74 Å². The maximum Gasteiger partial charge on any atom is 0.107 e. The van der Waals surface area contributed by atoms with Crippen molar-refractivity contribution in [3.63, 3.8) is 0 Å². The second-order valence-corrected chi connectivity index (χ2v) is 5.38. The molecular formula is C12H15BrN2OS. The van der Waals surface area contributed by atoms with Gasteiger partial charge in [-0.05, 0) is 40.9 Å². The van der Waals surface area contributed by atoms with Crippen molar-refractivity contribution in [1.82, 2.24) is 0 Å². The minimum atomic E-state index is 0.339. The fourth-order valence-electron chi connectivity index (χ4n) is 1.97. The van der Waals surface area contributed by atoms with Crippen molar-refractivity contribution in [2.45, 2.75) is 18.9 Å². The van der Waals surface area contributed by atoms with Crippen LogP contribution in [0.4, 0.5) is 5.69 Å². The largest absolute Gasteiger partial charge is 0.389 e.